The maximum Gasteiger partial charge on any atom is 0.327 e. The summed E-state index contributed by atoms with van der Waals surface area (Å²) in [6, 6.07) is 7.51. The normalized spacial score (nSPS) is 26.3. The molecule has 0 saturated carbocycles. The highest BCUT2D eigenvalue weighted by Crippen LogP contribution is 2.40. The van der Waals surface area contributed by atoms with E-state index >= 15 is 0 Å². The lowest BCUT2D eigenvalue weighted by molar-refractivity contribution is -0.207. The lowest BCUT2D eigenvalue weighted by Gasteiger charge is -2.44. The van der Waals surface area contributed by atoms with Crippen molar-refractivity contribution in [3.63, 3.8) is 0 Å². The number of phenols is 1. The standard InChI is InChI=1S/C20H31NO3/c1-14(2)11-15(3)19(23)24-21-10-9-20(5,16(4)13-21)17-7-6-8-18(22)12-17/h6-8,12,14-16,22H,9-11,13H2,1-5H3. The lowest BCUT2D eigenvalue weighted by atomic mass is 9.68. The van der Waals surface area contributed by atoms with Crippen LogP contribution in [-0.4, -0.2) is 29.2 Å². The number of phenolic OH excluding ortho intramolecular Hbond substituents is 1. The Morgan fingerprint density at radius 2 is 2.12 bits per heavy atom. The molecule has 1 fully saturated rings. The van der Waals surface area contributed by atoms with Gasteiger partial charge < -0.3 is 9.94 Å². The summed E-state index contributed by atoms with van der Waals surface area (Å²) in [7, 11) is 0. The monoisotopic (exact) mass is 333 g/mol. The molecule has 1 aromatic carbocycles. The fourth-order valence-electron chi connectivity index (χ4n) is 3.60. The number of benzene rings is 1. The second-order valence-electron chi connectivity index (χ2n) is 7.95. The van der Waals surface area contributed by atoms with Crippen molar-refractivity contribution in [3.05, 3.63) is 29.8 Å². The Morgan fingerprint density at radius 1 is 1.42 bits per heavy atom. The van der Waals surface area contributed by atoms with E-state index < -0.39 is 0 Å². The van der Waals surface area contributed by atoms with Crippen LogP contribution in [0.5, 0.6) is 5.75 Å². The number of hydrogen-bond donors (Lipinski definition) is 1. The number of hydrogen-bond acceptors (Lipinski definition) is 4. The van der Waals surface area contributed by atoms with E-state index in [-0.39, 0.29) is 17.3 Å². The average Bonchev–Trinajstić information content (AvgIpc) is 2.50. The molecule has 1 saturated heterocycles. The summed E-state index contributed by atoms with van der Waals surface area (Å²) >= 11 is 0. The molecule has 0 radical (unpaired) electrons. The van der Waals surface area contributed by atoms with Crippen LogP contribution in [-0.2, 0) is 15.0 Å². The second-order valence-corrected chi connectivity index (χ2v) is 7.95. The summed E-state index contributed by atoms with van der Waals surface area (Å²) in [5.41, 5.74) is 1.12. The van der Waals surface area contributed by atoms with Crippen LogP contribution in [0.1, 0.15) is 53.0 Å². The van der Waals surface area contributed by atoms with Crippen molar-refractivity contribution in [2.75, 3.05) is 13.1 Å². The molecule has 1 aliphatic rings. The van der Waals surface area contributed by atoms with Gasteiger partial charge in [0.05, 0.1) is 5.92 Å². The molecule has 0 aromatic heterocycles. The fraction of sp³-hybridized carbons (Fsp3) is 0.650. The van der Waals surface area contributed by atoms with E-state index in [2.05, 4.69) is 33.8 Å². The first kappa shape index (κ1) is 18.8. The molecule has 0 aliphatic carbocycles. The number of carbonyl (C=O) groups excluding carboxylic acids is 1. The molecule has 1 aliphatic heterocycles. The Labute approximate surface area is 145 Å². The Kier molecular flexibility index (Phi) is 5.92. The molecule has 3 unspecified atom stereocenters. The molecule has 0 amide bonds. The molecule has 0 bridgehead atoms. The zero-order valence-electron chi connectivity index (χ0n) is 15.6. The van der Waals surface area contributed by atoms with Crippen LogP contribution in [0.3, 0.4) is 0 Å². The van der Waals surface area contributed by atoms with Crippen molar-refractivity contribution in [2.24, 2.45) is 17.8 Å². The average molecular weight is 333 g/mol. The predicted octanol–water partition coefficient (Wildman–Crippen LogP) is 4.13. The van der Waals surface area contributed by atoms with Crippen molar-refractivity contribution in [1.82, 2.24) is 5.06 Å². The molecule has 4 heteroatoms. The summed E-state index contributed by atoms with van der Waals surface area (Å²) in [6.07, 6.45) is 1.74. The zero-order chi connectivity index (χ0) is 17.9. The molecule has 1 N–H and O–H groups in total. The van der Waals surface area contributed by atoms with E-state index in [4.69, 9.17) is 4.84 Å². The molecule has 1 aromatic rings. The summed E-state index contributed by atoms with van der Waals surface area (Å²) in [4.78, 5) is 17.9. The SMILES string of the molecule is CC(C)CC(C)C(=O)ON1CCC(C)(c2cccc(O)c2)C(C)C1. The Hall–Kier alpha value is -1.55. The molecule has 24 heavy (non-hydrogen) atoms. The number of aromatic hydroxyl groups is 1. The molecule has 3 atom stereocenters. The van der Waals surface area contributed by atoms with Crippen LogP contribution < -0.4 is 0 Å². The van der Waals surface area contributed by atoms with E-state index in [1.807, 2.05) is 24.1 Å². The van der Waals surface area contributed by atoms with Gasteiger partial charge in [-0.15, -0.1) is 5.06 Å². The number of piperidine rings is 1. The summed E-state index contributed by atoms with van der Waals surface area (Å²) in [5, 5.41) is 11.6. The Bertz CT molecular complexity index is 572. The van der Waals surface area contributed by atoms with Gasteiger partial charge in [-0.2, -0.15) is 0 Å². The Morgan fingerprint density at radius 3 is 2.71 bits per heavy atom. The van der Waals surface area contributed by atoms with Gasteiger partial charge in [-0.3, -0.25) is 4.79 Å². The van der Waals surface area contributed by atoms with Gasteiger partial charge in [0.25, 0.3) is 0 Å². The van der Waals surface area contributed by atoms with Crippen LogP contribution in [0.4, 0.5) is 0 Å². The first-order chi connectivity index (χ1) is 11.2. The number of hydroxylamine groups is 2. The topological polar surface area (TPSA) is 49.8 Å². The maximum absolute atomic E-state index is 12.2. The van der Waals surface area contributed by atoms with Crippen molar-refractivity contribution in [1.29, 1.82) is 0 Å². The van der Waals surface area contributed by atoms with Gasteiger partial charge in [-0.05, 0) is 47.8 Å². The van der Waals surface area contributed by atoms with Crippen LogP contribution in [0.2, 0.25) is 0 Å². The molecular formula is C20H31NO3. The van der Waals surface area contributed by atoms with Crippen molar-refractivity contribution in [2.45, 2.75) is 52.9 Å². The third-order valence-electron chi connectivity index (χ3n) is 5.40. The van der Waals surface area contributed by atoms with Gasteiger partial charge in [0, 0.05) is 13.1 Å². The third-order valence-corrected chi connectivity index (χ3v) is 5.40. The van der Waals surface area contributed by atoms with Crippen LogP contribution in [0, 0.1) is 17.8 Å². The summed E-state index contributed by atoms with van der Waals surface area (Å²) < 4.78 is 0. The lowest BCUT2D eigenvalue weighted by Crippen LogP contribution is -2.48. The van der Waals surface area contributed by atoms with Gasteiger partial charge in [0.15, 0.2) is 0 Å². The number of carbonyl (C=O) groups is 1. The van der Waals surface area contributed by atoms with Crippen LogP contribution >= 0.6 is 0 Å². The van der Waals surface area contributed by atoms with Crippen molar-refractivity contribution >= 4 is 5.97 Å². The van der Waals surface area contributed by atoms with Gasteiger partial charge in [-0.25, -0.2) is 0 Å². The maximum atomic E-state index is 12.2. The van der Waals surface area contributed by atoms with E-state index in [9.17, 15) is 9.90 Å². The van der Waals surface area contributed by atoms with Gasteiger partial charge in [0.1, 0.15) is 5.75 Å². The quantitative estimate of drug-likeness (QED) is 0.880. The fourth-order valence-corrected chi connectivity index (χ4v) is 3.60. The number of nitrogens with zero attached hydrogens (tertiary/aromatic N) is 1. The smallest absolute Gasteiger partial charge is 0.327 e. The molecule has 2 rings (SSSR count). The predicted molar refractivity (Wildman–Crippen MR) is 95.5 cm³/mol. The molecule has 134 valence electrons. The molecule has 1 heterocycles. The molecular weight excluding hydrogens is 302 g/mol. The van der Waals surface area contributed by atoms with E-state index in [0.717, 1.165) is 24.9 Å². The number of rotatable bonds is 5. The van der Waals surface area contributed by atoms with Crippen molar-refractivity contribution < 1.29 is 14.7 Å². The van der Waals surface area contributed by atoms with Crippen molar-refractivity contribution in [3.8, 4) is 5.75 Å². The molecule has 4 nitrogen and oxygen atoms in total. The third kappa shape index (κ3) is 4.29. The van der Waals surface area contributed by atoms with Crippen LogP contribution in [0.25, 0.3) is 0 Å². The highest BCUT2D eigenvalue weighted by atomic mass is 16.7. The van der Waals surface area contributed by atoms with E-state index in [1.165, 1.54) is 0 Å². The minimum Gasteiger partial charge on any atom is -0.508 e. The van der Waals surface area contributed by atoms with Gasteiger partial charge in [-0.1, -0.05) is 46.8 Å². The van der Waals surface area contributed by atoms with Gasteiger partial charge >= 0.3 is 5.97 Å². The molecule has 0 spiro atoms. The largest absolute Gasteiger partial charge is 0.508 e. The van der Waals surface area contributed by atoms with Gasteiger partial charge in [0.2, 0.25) is 0 Å². The minimum atomic E-state index is -0.128. The van der Waals surface area contributed by atoms with Crippen LogP contribution in [0.15, 0.2) is 24.3 Å². The van der Waals surface area contributed by atoms with E-state index in [0.29, 0.717) is 24.1 Å². The highest BCUT2D eigenvalue weighted by Gasteiger charge is 2.39. The summed E-state index contributed by atoms with van der Waals surface area (Å²) in [6.45, 7) is 12.0. The Balaban J connectivity index is 1.99. The summed E-state index contributed by atoms with van der Waals surface area (Å²) in [5.74, 6) is 0.914. The minimum absolute atomic E-state index is 0.0226. The first-order valence-corrected chi connectivity index (χ1v) is 8.98. The highest BCUT2D eigenvalue weighted by molar-refractivity contribution is 5.71. The second kappa shape index (κ2) is 7.56. The first-order valence-electron chi connectivity index (χ1n) is 8.98. The zero-order valence-corrected chi connectivity index (χ0v) is 15.6. The van der Waals surface area contributed by atoms with E-state index in [1.54, 1.807) is 6.07 Å².